The number of alkyl halides is 3. The Morgan fingerprint density at radius 3 is 2.37 bits per heavy atom. The molecule has 0 saturated carbocycles. The van der Waals surface area contributed by atoms with Crippen molar-refractivity contribution in [3.05, 3.63) is 82.7 Å². The fourth-order valence-corrected chi connectivity index (χ4v) is 4.81. The van der Waals surface area contributed by atoms with Crippen LogP contribution in [0.3, 0.4) is 0 Å². The van der Waals surface area contributed by atoms with Crippen LogP contribution >= 0.6 is 0 Å². The SMILES string of the molecule is CC(C)(C)OC(=O)N1CCC(c2ccc(Nc3ncc(C(F)(F)F)c(CCc4ccccc4CC(N)=O)n3)cc2)C1. The summed E-state index contributed by atoms with van der Waals surface area (Å²) in [5.41, 5.74) is 6.80. The number of ether oxygens (including phenoxy) is 1. The van der Waals surface area contributed by atoms with Crippen molar-refractivity contribution in [2.45, 2.75) is 64.1 Å². The van der Waals surface area contributed by atoms with Gasteiger partial charge in [0.1, 0.15) is 5.60 Å². The van der Waals surface area contributed by atoms with Crippen molar-refractivity contribution >= 4 is 23.6 Å². The highest BCUT2D eigenvalue weighted by atomic mass is 19.4. The van der Waals surface area contributed by atoms with Crippen LogP contribution in [0.5, 0.6) is 0 Å². The standard InChI is InChI=1S/C30H34F3N5O3/c1-29(2,3)41-28(40)38-15-14-22(18-38)20-8-11-23(12-9-20)36-27-35-17-24(30(31,32)33)25(37-27)13-10-19-6-4-5-7-21(19)16-26(34)39/h4-9,11-12,17,22H,10,13-16,18H2,1-3H3,(H2,34,39)(H,35,36,37). The zero-order valence-electron chi connectivity index (χ0n) is 23.3. The van der Waals surface area contributed by atoms with Crippen LogP contribution in [0.4, 0.5) is 29.6 Å². The first kappa shape index (κ1) is 29.8. The number of benzene rings is 2. The monoisotopic (exact) mass is 569 g/mol. The van der Waals surface area contributed by atoms with Gasteiger partial charge < -0.3 is 20.7 Å². The number of anilines is 2. The number of likely N-dealkylation sites (tertiary alicyclic amines) is 1. The molecule has 1 atom stereocenters. The number of nitrogens with one attached hydrogen (secondary N) is 1. The van der Waals surface area contributed by atoms with Crippen LogP contribution in [0, 0.1) is 0 Å². The van der Waals surface area contributed by atoms with E-state index in [1.807, 2.05) is 45.0 Å². The van der Waals surface area contributed by atoms with Gasteiger partial charge in [0.15, 0.2) is 0 Å². The van der Waals surface area contributed by atoms with Gasteiger partial charge in [0.25, 0.3) is 0 Å². The molecular formula is C30H34F3N5O3. The fourth-order valence-electron chi connectivity index (χ4n) is 4.81. The average molecular weight is 570 g/mol. The number of aromatic nitrogens is 2. The lowest BCUT2D eigenvalue weighted by Crippen LogP contribution is -2.35. The minimum absolute atomic E-state index is 0.00339. The topological polar surface area (TPSA) is 110 Å². The smallest absolute Gasteiger partial charge is 0.419 e. The molecule has 2 heterocycles. The summed E-state index contributed by atoms with van der Waals surface area (Å²) in [6.45, 7) is 6.65. The van der Waals surface area contributed by atoms with Crippen molar-refractivity contribution < 1.29 is 27.5 Å². The number of carbonyl (C=O) groups excluding carboxylic acids is 2. The molecule has 0 bridgehead atoms. The third-order valence-electron chi connectivity index (χ3n) is 6.77. The minimum Gasteiger partial charge on any atom is -0.444 e. The first-order valence-electron chi connectivity index (χ1n) is 13.4. The van der Waals surface area contributed by atoms with Gasteiger partial charge in [-0.1, -0.05) is 36.4 Å². The predicted molar refractivity (Wildman–Crippen MR) is 149 cm³/mol. The van der Waals surface area contributed by atoms with Crippen molar-refractivity contribution in [3.63, 3.8) is 0 Å². The van der Waals surface area contributed by atoms with Crippen LogP contribution in [0.15, 0.2) is 54.7 Å². The van der Waals surface area contributed by atoms with Gasteiger partial charge in [0.2, 0.25) is 11.9 Å². The highest BCUT2D eigenvalue weighted by Crippen LogP contribution is 2.33. The first-order valence-corrected chi connectivity index (χ1v) is 13.4. The van der Waals surface area contributed by atoms with Crippen LogP contribution < -0.4 is 11.1 Å². The van der Waals surface area contributed by atoms with E-state index in [2.05, 4.69) is 15.3 Å². The van der Waals surface area contributed by atoms with Crippen LogP contribution in [-0.2, 0) is 35.0 Å². The number of rotatable bonds is 8. The Kier molecular flexibility index (Phi) is 8.84. The van der Waals surface area contributed by atoms with Crippen LogP contribution in [0.1, 0.15) is 61.1 Å². The number of carbonyl (C=O) groups is 2. The highest BCUT2D eigenvalue weighted by molar-refractivity contribution is 5.77. The molecule has 1 aromatic heterocycles. The zero-order valence-corrected chi connectivity index (χ0v) is 23.3. The molecule has 1 aliphatic heterocycles. The molecule has 3 N–H and O–H groups in total. The molecule has 0 aliphatic carbocycles. The van der Waals surface area contributed by atoms with E-state index in [0.29, 0.717) is 24.3 Å². The Labute approximate surface area is 237 Å². The van der Waals surface area contributed by atoms with Crippen molar-refractivity contribution in [1.82, 2.24) is 14.9 Å². The van der Waals surface area contributed by atoms with Gasteiger partial charge in [-0.25, -0.2) is 14.8 Å². The number of nitrogens with zero attached hydrogens (tertiary/aromatic N) is 3. The molecule has 218 valence electrons. The summed E-state index contributed by atoms with van der Waals surface area (Å²) in [7, 11) is 0. The van der Waals surface area contributed by atoms with E-state index in [-0.39, 0.29) is 42.9 Å². The molecule has 1 saturated heterocycles. The number of halogens is 3. The van der Waals surface area contributed by atoms with Crippen molar-refractivity contribution in [3.8, 4) is 0 Å². The Morgan fingerprint density at radius 2 is 1.73 bits per heavy atom. The molecule has 41 heavy (non-hydrogen) atoms. The summed E-state index contributed by atoms with van der Waals surface area (Å²) >= 11 is 0. The fraction of sp³-hybridized carbons (Fsp3) is 0.400. The van der Waals surface area contributed by atoms with E-state index in [4.69, 9.17) is 10.5 Å². The quantitative estimate of drug-likeness (QED) is 0.356. The summed E-state index contributed by atoms with van der Waals surface area (Å²) in [5.74, 6) is -0.313. The third kappa shape index (κ3) is 8.18. The van der Waals surface area contributed by atoms with Gasteiger partial charge in [-0.15, -0.1) is 0 Å². The van der Waals surface area contributed by atoms with E-state index < -0.39 is 23.2 Å². The van der Waals surface area contributed by atoms with Gasteiger partial charge in [-0.2, -0.15) is 13.2 Å². The molecule has 4 rings (SSSR count). The summed E-state index contributed by atoms with van der Waals surface area (Å²) < 4.78 is 46.7. The van der Waals surface area contributed by atoms with Gasteiger partial charge in [-0.05, 0) is 68.9 Å². The van der Waals surface area contributed by atoms with Gasteiger partial charge in [-0.3, -0.25) is 4.79 Å². The second kappa shape index (κ2) is 12.2. The number of nitrogens with two attached hydrogens (primary N) is 1. The van der Waals surface area contributed by atoms with E-state index in [0.717, 1.165) is 23.7 Å². The molecule has 1 fully saturated rings. The van der Waals surface area contributed by atoms with Crippen molar-refractivity contribution in [2.24, 2.45) is 5.73 Å². The number of hydrogen-bond acceptors (Lipinski definition) is 6. The molecule has 8 nitrogen and oxygen atoms in total. The Balaban J connectivity index is 1.45. The minimum atomic E-state index is -4.61. The normalized spacial score (nSPS) is 15.6. The molecule has 2 amide bonds. The summed E-state index contributed by atoms with van der Waals surface area (Å²) in [6.07, 6.45) is -3.09. The van der Waals surface area contributed by atoms with Crippen molar-refractivity contribution in [2.75, 3.05) is 18.4 Å². The number of primary amides is 1. The molecule has 0 radical (unpaired) electrons. The largest absolute Gasteiger partial charge is 0.444 e. The number of aryl methyl sites for hydroxylation is 2. The maximum Gasteiger partial charge on any atom is 0.419 e. The number of hydrogen-bond donors (Lipinski definition) is 2. The van der Waals surface area contributed by atoms with Gasteiger partial charge in [0.05, 0.1) is 17.7 Å². The number of amides is 2. The van der Waals surface area contributed by atoms with Crippen LogP contribution in [0.2, 0.25) is 0 Å². The molecule has 1 unspecified atom stereocenters. The highest BCUT2D eigenvalue weighted by Gasteiger charge is 2.35. The lowest BCUT2D eigenvalue weighted by Gasteiger charge is -2.24. The van der Waals surface area contributed by atoms with Gasteiger partial charge in [0, 0.05) is 30.9 Å². The molecule has 3 aromatic rings. The third-order valence-corrected chi connectivity index (χ3v) is 6.77. The van der Waals surface area contributed by atoms with E-state index in [1.165, 1.54) is 0 Å². The van der Waals surface area contributed by atoms with Crippen LogP contribution in [0.25, 0.3) is 0 Å². The lowest BCUT2D eigenvalue weighted by atomic mass is 9.98. The Morgan fingerprint density at radius 1 is 1.05 bits per heavy atom. The zero-order chi connectivity index (χ0) is 29.8. The summed E-state index contributed by atoms with van der Waals surface area (Å²) in [4.78, 5) is 33.6. The van der Waals surface area contributed by atoms with E-state index >= 15 is 0 Å². The van der Waals surface area contributed by atoms with E-state index in [9.17, 15) is 22.8 Å². The maximum atomic E-state index is 13.7. The maximum absolute atomic E-state index is 13.7. The molecule has 11 heteroatoms. The Bertz CT molecular complexity index is 1390. The summed E-state index contributed by atoms with van der Waals surface area (Å²) in [6, 6.07) is 14.5. The lowest BCUT2D eigenvalue weighted by molar-refractivity contribution is -0.138. The van der Waals surface area contributed by atoms with Crippen LogP contribution in [-0.4, -0.2) is 45.6 Å². The molecular weight excluding hydrogens is 535 g/mol. The van der Waals surface area contributed by atoms with Crippen molar-refractivity contribution in [1.29, 1.82) is 0 Å². The summed E-state index contributed by atoms with van der Waals surface area (Å²) in [5, 5.41) is 2.99. The second-order valence-electron chi connectivity index (χ2n) is 11.1. The first-order chi connectivity index (χ1) is 19.3. The Hall–Kier alpha value is -4.15. The molecule has 1 aliphatic rings. The molecule has 0 spiro atoms. The van der Waals surface area contributed by atoms with Gasteiger partial charge >= 0.3 is 12.3 Å². The van der Waals surface area contributed by atoms with E-state index in [1.54, 1.807) is 29.2 Å². The second-order valence-corrected chi connectivity index (χ2v) is 11.1. The molecule has 2 aromatic carbocycles. The average Bonchev–Trinajstić information content (AvgIpc) is 3.37. The predicted octanol–water partition coefficient (Wildman–Crippen LogP) is 5.78.